The number of nitrogens with zero attached hydrogens (tertiary/aromatic N) is 2. The Hall–Kier alpha value is -1.04. The van der Waals surface area contributed by atoms with E-state index in [9.17, 15) is 9.59 Å². The Morgan fingerprint density at radius 2 is 2.28 bits per heavy atom. The van der Waals surface area contributed by atoms with E-state index in [1.165, 1.54) is 0 Å². The van der Waals surface area contributed by atoms with Gasteiger partial charge >= 0.3 is 6.09 Å². The topological polar surface area (TPSA) is 49.9 Å². The van der Waals surface area contributed by atoms with Crippen LogP contribution in [0.3, 0.4) is 0 Å². The SMILES string of the molecule is C=CCOC(=O)N1CC(CN2CCC(Br)C2=O)C1. The van der Waals surface area contributed by atoms with Crippen LogP contribution in [0.1, 0.15) is 6.42 Å². The maximum absolute atomic E-state index is 11.7. The van der Waals surface area contributed by atoms with Crippen LogP contribution in [0.2, 0.25) is 0 Å². The molecule has 0 N–H and O–H groups in total. The van der Waals surface area contributed by atoms with Gasteiger partial charge in [-0.2, -0.15) is 0 Å². The summed E-state index contributed by atoms with van der Waals surface area (Å²) in [5.74, 6) is 0.547. The Labute approximate surface area is 115 Å². The lowest BCUT2D eigenvalue weighted by atomic mass is 10.0. The van der Waals surface area contributed by atoms with E-state index >= 15 is 0 Å². The third-order valence-corrected chi connectivity index (χ3v) is 4.10. The number of hydrogen-bond donors (Lipinski definition) is 0. The molecule has 2 aliphatic rings. The quantitative estimate of drug-likeness (QED) is 0.579. The zero-order chi connectivity index (χ0) is 13.1. The van der Waals surface area contributed by atoms with Gasteiger partial charge in [0, 0.05) is 32.1 Å². The monoisotopic (exact) mass is 316 g/mol. The maximum atomic E-state index is 11.7. The molecule has 0 aliphatic carbocycles. The number of alkyl halides is 1. The van der Waals surface area contributed by atoms with Crippen molar-refractivity contribution in [3.8, 4) is 0 Å². The van der Waals surface area contributed by atoms with Crippen molar-refractivity contribution in [1.29, 1.82) is 0 Å². The summed E-state index contributed by atoms with van der Waals surface area (Å²) in [5.41, 5.74) is 0. The molecular weight excluding hydrogens is 300 g/mol. The fourth-order valence-corrected chi connectivity index (χ4v) is 2.74. The molecule has 5 nitrogen and oxygen atoms in total. The standard InChI is InChI=1S/C12H17BrN2O3/c1-2-5-18-12(17)15-7-9(8-15)6-14-4-3-10(13)11(14)16/h2,9-10H,1,3-8H2. The minimum atomic E-state index is -0.294. The summed E-state index contributed by atoms with van der Waals surface area (Å²) < 4.78 is 4.93. The van der Waals surface area contributed by atoms with Crippen molar-refractivity contribution >= 4 is 27.9 Å². The van der Waals surface area contributed by atoms with Crippen LogP contribution in [0.5, 0.6) is 0 Å². The largest absolute Gasteiger partial charge is 0.445 e. The molecule has 1 atom stereocenters. The Kier molecular flexibility index (Phi) is 4.27. The third-order valence-electron chi connectivity index (χ3n) is 3.25. The zero-order valence-electron chi connectivity index (χ0n) is 10.2. The Balaban J connectivity index is 1.69. The van der Waals surface area contributed by atoms with Crippen LogP contribution >= 0.6 is 15.9 Å². The molecule has 2 rings (SSSR count). The van der Waals surface area contributed by atoms with Gasteiger partial charge in [-0.25, -0.2) is 4.79 Å². The summed E-state index contributed by atoms with van der Waals surface area (Å²) in [6.07, 6.45) is 2.13. The number of halogens is 1. The molecule has 2 aliphatic heterocycles. The second-order valence-electron chi connectivity index (χ2n) is 4.68. The third kappa shape index (κ3) is 2.85. The van der Waals surface area contributed by atoms with Gasteiger partial charge in [0.05, 0.1) is 4.83 Å². The van der Waals surface area contributed by atoms with Crippen molar-refractivity contribution < 1.29 is 14.3 Å². The molecule has 2 saturated heterocycles. The van der Waals surface area contributed by atoms with Crippen LogP contribution in [0.4, 0.5) is 4.79 Å². The molecule has 6 heteroatoms. The first-order valence-corrected chi connectivity index (χ1v) is 6.99. The van der Waals surface area contributed by atoms with Crippen LogP contribution in [0, 0.1) is 5.92 Å². The molecule has 0 spiro atoms. The van der Waals surface area contributed by atoms with E-state index in [1.807, 2.05) is 4.90 Å². The molecule has 1 unspecified atom stereocenters. The minimum Gasteiger partial charge on any atom is -0.445 e. The van der Waals surface area contributed by atoms with Crippen molar-refractivity contribution in [2.75, 3.05) is 32.8 Å². The summed E-state index contributed by atoms with van der Waals surface area (Å²) in [6, 6.07) is 0. The Morgan fingerprint density at radius 3 is 2.83 bits per heavy atom. The first kappa shape index (κ1) is 13.4. The lowest BCUT2D eigenvalue weighted by Crippen LogP contribution is -2.54. The van der Waals surface area contributed by atoms with Crippen molar-refractivity contribution in [1.82, 2.24) is 9.80 Å². The van der Waals surface area contributed by atoms with Crippen molar-refractivity contribution in [3.05, 3.63) is 12.7 Å². The molecule has 0 aromatic rings. The van der Waals surface area contributed by atoms with Gasteiger partial charge in [-0.05, 0) is 6.42 Å². The van der Waals surface area contributed by atoms with E-state index in [2.05, 4.69) is 22.5 Å². The van der Waals surface area contributed by atoms with Crippen molar-refractivity contribution in [3.63, 3.8) is 0 Å². The number of amides is 2. The molecule has 0 bridgehead atoms. The fourth-order valence-electron chi connectivity index (χ4n) is 2.25. The summed E-state index contributed by atoms with van der Waals surface area (Å²) in [4.78, 5) is 26.7. The highest BCUT2D eigenvalue weighted by Gasteiger charge is 2.36. The van der Waals surface area contributed by atoms with Crippen LogP contribution in [-0.2, 0) is 9.53 Å². The van der Waals surface area contributed by atoms with Gasteiger partial charge < -0.3 is 14.5 Å². The molecule has 0 saturated carbocycles. The summed E-state index contributed by atoms with van der Waals surface area (Å²) in [5, 5.41) is 0. The van der Waals surface area contributed by atoms with Gasteiger partial charge in [0.1, 0.15) is 6.61 Å². The molecular formula is C12H17BrN2O3. The normalized spacial score (nSPS) is 24.1. The molecule has 0 radical (unpaired) electrons. The highest BCUT2D eigenvalue weighted by Crippen LogP contribution is 2.23. The zero-order valence-corrected chi connectivity index (χ0v) is 11.8. The lowest BCUT2D eigenvalue weighted by Gasteiger charge is -2.39. The molecule has 100 valence electrons. The van der Waals surface area contributed by atoms with Crippen LogP contribution < -0.4 is 0 Å². The van der Waals surface area contributed by atoms with Gasteiger partial charge in [-0.3, -0.25) is 4.79 Å². The van der Waals surface area contributed by atoms with Gasteiger partial charge in [0.2, 0.25) is 5.91 Å². The van der Waals surface area contributed by atoms with Crippen LogP contribution in [0.15, 0.2) is 12.7 Å². The fraction of sp³-hybridized carbons (Fsp3) is 0.667. The van der Waals surface area contributed by atoms with Gasteiger partial charge in [-0.1, -0.05) is 28.6 Å². The molecule has 18 heavy (non-hydrogen) atoms. The maximum Gasteiger partial charge on any atom is 0.410 e. The first-order chi connectivity index (χ1) is 8.61. The predicted octanol–water partition coefficient (Wildman–Crippen LogP) is 1.24. The Morgan fingerprint density at radius 1 is 1.56 bits per heavy atom. The van der Waals surface area contributed by atoms with Gasteiger partial charge in [0.25, 0.3) is 0 Å². The van der Waals surface area contributed by atoms with Crippen LogP contribution in [0.25, 0.3) is 0 Å². The summed E-state index contributed by atoms with van der Waals surface area (Å²) in [6.45, 7) is 6.64. The Bertz CT molecular complexity index is 355. The van der Waals surface area contributed by atoms with Crippen LogP contribution in [-0.4, -0.2) is 59.4 Å². The van der Waals surface area contributed by atoms with E-state index in [0.717, 1.165) is 19.5 Å². The summed E-state index contributed by atoms with van der Waals surface area (Å²) >= 11 is 3.35. The summed E-state index contributed by atoms with van der Waals surface area (Å²) in [7, 11) is 0. The molecule has 0 aromatic heterocycles. The molecule has 0 aromatic carbocycles. The molecule has 2 fully saturated rings. The lowest BCUT2D eigenvalue weighted by molar-refractivity contribution is -0.128. The van der Waals surface area contributed by atoms with Crippen molar-refractivity contribution in [2.45, 2.75) is 11.2 Å². The average Bonchev–Trinajstić information content (AvgIpc) is 2.61. The highest BCUT2D eigenvalue weighted by atomic mass is 79.9. The van der Waals surface area contributed by atoms with Crippen molar-refractivity contribution in [2.24, 2.45) is 5.92 Å². The second-order valence-corrected chi connectivity index (χ2v) is 5.78. The van der Waals surface area contributed by atoms with E-state index in [-0.39, 0.29) is 23.4 Å². The number of ether oxygens (including phenoxy) is 1. The first-order valence-electron chi connectivity index (χ1n) is 6.07. The highest BCUT2D eigenvalue weighted by molar-refractivity contribution is 9.10. The molecule has 2 heterocycles. The number of hydrogen-bond acceptors (Lipinski definition) is 3. The number of carbonyl (C=O) groups is 2. The number of carbonyl (C=O) groups excluding carboxylic acids is 2. The van der Waals surface area contributed by atoms with E-state index in [4.69, 9.17) is 4.74 Å². The van der Waals surface area contributed by atoms with E-state index in [0.29, 0.717) is 19.0 Å². The van der Waals surface area contributed by atoms with E-state index < -0.39 is 0 Å². The predicted molar refractivity (Wildman–Crippen MR) is 70.5 cm³/mol. The number of rotatable bonds is 4. The van der Waals surface area contributed by atoms with Gasteiger partial charge in [-0.15, -0.1) is 0 Å². The molecule has 2 amide bonds. The average molecular weight is 317 g/mol. The minimum absolute atomic E-state index is 0.0220. The number of likely N-dealkylation sites (tertiary alicyclic amines) is 2. The van der Waals surface area contributed by atoms with Gasteiger partial charge in [0.15, 0.2) is 0 Å². The van der Waals surface area contributed by atoms with E-state index in [1.54, 1.807) is 11.0 Å². The second kappa shape index (κ2) is 5.73. The smallest absolute Gasteiger partial charge is 0.410 e.